The number of aromatic amines is 1. The molecular formula is C26H20ClFN10O2. The highest BCUT2D eigenvalue weighted by Gasteiger charge is 2.21. The van der Waals surface area contributed by atoms with Gasteiger partial charge in [-0.3, -0.25) is 9.59 Å². The molecule has 0 saturated carbocycles. The van der Waals surface area contributed by atoms with Crippen LogP contribution in [0.1, 0.15) is 11.1 Å². The lowest BCUT2D eigenvalue weighted by Crippen LogP contribution is -2.44. The highest BCUT2D eigenvalue weighted by molar-refractivity contribution is 6.30. The van der Waals surface area contributed by atoms with E-state index in [9.17, 15) is 14.0 Å². The van der Waals surface area contributed by atoms with Crippen LogP contribution in [0, 0.1) is 5.82 Å². The van der Waals surface area contributed by atoms with Gasteiger partial charge in [-0.15, -0.1) is 15.3 Å². The molecule has 3 N–H and O–H groups in total. The Kier molecular flexibility index (Phi) is 7.92. The van der Waals surface area contributed by atoms with Crippen molar-refractivity contribution >= 4 is 35.2 Å². The zero-order chi connectivity index (χ0) is 27.9. The SMILES string of the molecule is O=C(/C=C/c1cc(Cl)ccc1-n1cnnn1)N[C@@H](Cc1cccc(F)c1)C(=O)Nc1ccc(-c2nn[nH]n2)cc1. The number of halogens is 2. The molecule has 0 aliphatic carbocycles. The molecule has 1 atom stereocenters. The van der Waals surface area contributed by atoms with Crippen LogP contribution in [0.3, 0.4) is 0 Å². The van der Waals surface area contributed by atoms with E-state index in [0.29, 0.717) is 38.9 Å². The lowest BCUT2D eigenvalue weighted by molar-refractivity contribution is -0.123. The molecule has 40 heavy (non-hydrogen) atoms. The molecule has 3 aromatic carbocycles. The van der Waals surface area contributed by atoms with Crippen molar-refractivity contribution in [2.45, 2.75) is 12.5 Å². The van der Waals surface area contributed by atoms with E-state index in [0.717, 1.165) is 0 Å². The van der Waals surface area contributed by atoms with Crippen LogP contribution in [0.25, 0.3) is 23.2 Å². The van der Waals surface area contributed by atoms with Crippen LogP contribution in [-0.4, -0.2) is 58.7 Å². The number of anilines is 1. The minimum Gasteiger partial charge on any atom is -0.340 e. The summed E-state index contributed by atoms with van der Waals surface area (Å²) in [6, 6.07) is 16.6. The van der Waals surface area contributed by atoms with E-state index in [4.69, 9.17) is 11.6 Å². The van der Waals surface area contributed by atoms with Crippen LogP contribution < -0.4 is 10.6 Å². The fourth-order valence-corrected chi connectivity index (χ4v) is 4.03. The van der Waals surface area contributed by atoms with Crippen LogP contribution in [0.15, 0.2) is 79.1 Å². The summed E-state index contributed by atoms with van der Waals surface area (Å²) in [6.45, 7) is 0. The van der Waals surface area contributed by atoms with E-state index in [-0.39, 0.29) is 6.42 Å². The van der Waals surface area contributed by atoms with Crippen molar-refractivity contribution in [2.24, 2.45) is 0 Å². The predicted octanol–water partition coefficient (Wildman–Crippen LogP) is 3.01. The van der Waals surface area contributed by atoms with Gasteiger partial charge in [0.1, 0.15) is 18.2 Å². The lowest BCUT2D eigenvalue weighted by Gasteiger charge is -2.18. The normalized spacial score (nSPS) is 11.8. The van der Waals surface area contributed by atoms with Crippen LogP contribution in [0.5, 0.6) is 0 Å². The van der Waals surface area contributed by atoms with Gasteiger partial charge in [0, 0.05) is 34.3 Å². The average molecular weight is 559 g/mol. The number of rotatable bonds is 9. The van der Waals surface area contributed by atoms with Crippen molar-refractivity contribution < 1.29 is 14.0 Å². The van der Waals surface area contributed by atoms with Crippen molar-refractivity contribution in [1.82, 2.24) is 46.1 Å². The number of nitrogens with one attached hydrogen (secondary N) is 3. The Morgan fingerprint density at radius 3 is 2.67 bits per heavy atom. The quantitative estimate of drug-likeness (QED) is 0.233. The Hall–Kier alpha value is -5.30. The molecule has 0 unspecified atom stereocenters. The van der Waals surface area contributed by atoms with Crippen molar-refractivity contribution in [3.05, 3.63) is 101 Å². The zero-order valence-corrected chi connectivity index (χ0v) is 21.3. The van der Waals surface area contributed by atoms with E-state index >= 15 is 0 Å². The Morgan fingerprint density at radius 1 is 1.10 bits per heavy atom. The number of hydrogen-bond acceptors (Lipinski definition) is 8. The summed E-state index contributed by atoms with van der Waals surface area (Å²) >= 11 is 6.15. The van der Waals surface area contributed by atoms with Crippen LogP contribution >= 0.6 is 11.6 Å². The smallest absolute Gasteiger partial charge is 0.247 e. The van der Waals surface area contributed by atoms with E-state index in [1.807, 2.05) is 0 Å². The lowest BCUT2D eigenvalue weighted by atomic mass is 10.0. The fraction of sp³-hybridized carbons (Fsp3) is 0.0769. The van der Waals surface area contributed by atoms with Crippen LogP contribution in [0.2, 0.25) is 5.02 Å². The maximum atomic E-state index is 13.8. The third-order valence-corrected chi connectivity index (χ3v) is 5.95. The van der Waals surface area contributed by atoms with E-state index in [2.05, 4.69) is 46.8 Å². The maximum Gasteiger partial charge on any atom is 0.247 e. The summed E-state index contributed by atoms with van der Waals surface area (Å²) in [5, 5.41) is 30.8. The summed E-state index contributed by atoms with van der Waals surface area (Å²) in [4.78, 5) is 26.2. The molecule has 14 heteroatoms. The number of tetrazole rings is 2. The van der Waals surface area contributed by atoms with Gasteiger partial charge in [-0.1, -0.05) is 23.7 Å². The summed E-state index contributed by atoms with van der Waals surface area (Å²) in [5.41, 5.74) is 2.88. The standard InChI is InChI=1S/C26H20ClFN10O2/c27-19-7-10-23(38-15-29-34-37-38)18(14-19)6-11-24(39)31-22(13-16-2-1-3-20(28)12-16)26(40)30-21-8-4-17(5-9-21)25-32-35-36-33-25/h1-12,14-15,22H,13H2,(H,30,40)(H,31,39)(H,32,33,35,36)/b11-6+/t22-/m0/s1. The van der Waals surface area contributed by atoms with Crippen LogP contribution in [0.4, 0.5) is 10.1 Å². The van der Waals surface area contributed by atoms with Gasteiger partial charge < -0.3 is 10.6 Å². The van der Waals surface area contributed by atoms with Gasteiger partial charge in [0.15, 0.2) is 0 Å². The monoisotopic (exact) mass is 558 g/mol. The molecule has 12 nitrogen and oxygen atoms in total. The molecule has 0 fully saturated rings. The molecule has 0 aliphatic heterocycles. The van der Waals surface area contributed by atoms with Crippen molar-refractivity contribution in [1.29, 1.82) is 0 Å². The first-order chi connectivity index (χ1) is 19.4. The number of nitrogens with zero attached hydrogens (tertiary/aromatic N) is 7. The molecule has 2 heterocycles. The molecule has 0 radical (unpaired) electrons. The van der Waals surface area contributed by atoms with Gasteiger partial charge in [0.25, 0.3) is 0 Å². The zero-order valence-electron chi connectivity index (χ0n) is 20.6. The van der Waals surface area contributed by atoms with E-state index < -0.39 is 23.7 Å². The second-order valence-electron chi connectivity index (χ2n) is 8.49. The summed E-state index contributed by atoms with van der Waals surface area (Å²) in [5.74, 6) is -1.08. The Bertz CT molecular complexity index is 1640. The Balaban J connectivity index is 1.33. The first kappa shape index (κ1) is 26.3. The minimum absolute atomic E-state index is 0.0527. The number of hydrogen-bond donors (Lipinski definition) is 3. The Labute approximate surface area is 231 Å². The largest absolute Gasteiger partial charge is 0.340 e. The maximum absolute atomic E-state index is 13.8. The summed E-state index contributed by atoms with van der Waals surface area (Å²) < 4.78 is 15.3. The highest BCUT2D eigenvalue weighted by Crippen LogP contribution is 2.21. The topological polar surface area (TPSA) is 156 Å². The molecule has 2 aromatic heterocycles. The third-order valence-electron chi connectivity index (χ3n) is 5.72. The second kappa shape index (κ2) is 12.0. The molecule has 0 spiro atoms. The molecule has 5 aromatic rings. The van der Waals surface area contributed by atoms with Crippen molar-refractivity contribution in [3.63, 3.8) is 0 Å². The van der Waals surface area contributed by atoms with Gasteiger partial charge in [-0.2, -0.15) is 9.90 Å². The molecule has 0 saturated heterocycles. The Morgan fingerprint density at radius 2 is 1.95 bits per heavy atom. The van der Waals surface area contributed by atoms with Crippen molar-refractivity contribution in [2.75, 3.05) is 5.32 Å². The van der Waals surface area contributed by atoms with Crippen molar-refractivity contribution in [3.8, 4) is 17.1 Å². The molecule has 2 amide bonds. The average Bonchev–Trinajstić information content (AvgIpc) is 3.67. The number of aromatic nitrogens is 8. The van der Waals surface area contributed by atoms with Crippen LogP contribution in [-0.2, 0) is 16.0 Å². The molecular weight excluding hydrogens is 539 g/mol. The molecule has 0 bridgehead atoms. The number of carbonyl (C=O) groups excluding carboxylic acids is 2. The number of benzene rings is 3. The molecule has 0 aliphatic rings. The van der Waals surface area contributed by atoms with Gasteiger partial charge in [-0.05, 0) is 81.9 Å². The molecule has 5 rings (SSSR count). The van der Waals surface area contributed by atoms with Gasteiger partial charge in [-0.25, -0.2) is 4.39 Å². The molecule has 200 valence electrons. The van der Waals surface area contributed by atoms with E-state index in [1.165, 1.54) is 41.4 Å². The van der Waals surface area contributed by atoms with Gasteiger partial charge in [0.2, 0.25) is 17.6 Å². The van der Waals surface area contributed by atoms with Gasteiger partial charge >= 0.3 is 0 Å². The second-order valence-corrected chi connectivity index (χ2v) is 8.92. The number of amides is 2. The first-order valence-electron chi connectivity index (χ1n) is 11.9. The minimum atomic E-state index is -1.02. The summed E-state index contributed by atoms with van der Waals surface area (Å²) in [7, 11) is 0. The van der Waals surface area contributed by atoms with Gasteiger partial charge in [0.05, 0.1) is 5.69 Å². The first-order valence-corrected chi connectivity index (χ1v) is 12.2. The third kappa shape index (κ3) is 6.57. The summed E-state index contributed by atoms with van der Waals surface area (Å²) in [6.07, 6.45) is 4.27. The number of carbonyl (C=O) groups is 2. The fourth-order valence-electron chi connectivity index (χ4n) is 3.85. The van der Waals surface area contributed by atoms with E-state index in [1.54, 1.807) is 48.5 Å². The predicted molar refractivity (Wildman–Crippen MR) is 143 cm³/mol. The number of H-pyrrole nitrogens is 1. The highest BCUT2D eigenvalue weighted by atomic mass is 35.5.